The highest BCUT2D eigenvalue weighted by molar-refractivity contribution is 5.36. The van der Waals surface area contributed by atoms with Gasteiger partial charge in [-0.25, -0.2) is 4.68 Å². The summed E-state index contributed by atoms with van der Waals surface area (Å²) < 4.78 is 1.82. The van der Waals surface area contributed by atoms with E-state index in [1.165, 1.54) is 12.1 Å². The molecule has 1 aromatic carbocycles. The van der Waals surface area contributed by atoms with Crippen LogP contribution in [0.3, 0.4) is 0 Å². The van der Waals surface area contributed by atoms with Gasteiger partial charge in [-0.3, -0.25) is 15.4 Å². The highest BCUT2D eigenvalue weighted by atomic mass is 16.6. The third-order valence-electron chi connectivity index (χ3n) is 5.18. The minimum Gasteiger partial charge on any atom is -0.326 e. The van der Waals surface area contributed by atoms with Gasteiger partial charge in [-0.05, 0) is 35.3 Å². The largest absolute Gasteiger partial charge is 0.326 e. The van der Waals surface area contributed by atoms with E-state index in [9.17, 15) is 10.1 Å². The van der Waals surface area contributed by atoms with Crippen LogP contribution in [0, 0.1) is 10.1 Å². The lowest BCUT2D eigenvalue weighted by molar-refractivity contribution is -0.384. The molecule has 0 bridgehead atoms. The molecule has 9 heteroatoms. The molecular weight excluding hydrogens is 346 g/mol. The maximum Gasteiger partial charge on any atom is 0.269 e. The highest BCUT2D eigenvalue weighted by Crippen LogP contribution is 2.26. The summed E-state index contributed by atoms with van der Waals surface area (Å²) in [6.45, 7) is 2.86. The Morgan fingerprint density at radius 2 is 2.07 bits per heavy atom. The first-order chi connectivity index (χ1) is 13.1. The number of tetrazole rings is 1. The van der Waals surface area contributed by atoms with Gasteiger partial charge in [0.25, 0.3) is 5.69 Å². The summed E-state index contributed by atoms with van der Waals surface area (Å²) >= 11 is 0. The number of nitrogens with two attached hydrogens (primary N) is 1. The summed E-state index contributed by atoms with van der Waals surface area (Å²) in [6.07, 6.45) is 6.30. The van der Waals surface area contributed by atoms with Crippen molar-refractivity contribution in [3.05, 3.63) is 45.8 Å². The Hall–Kier alpha value is -2.39. The molecular formula is C18H27N7O2. The predicted molar refractivity (Wildman–Crippen MR) is 101 cm³/mol. The van der Waals surface area contributed by atoms with Crippen LogP contribution in [0.2, 0.25) is 0 Å². The number of nitrogens with one attached hydrogen (secondary N) is 1. The van der Waals surface area contributed by atoms with E-state index in [1.807, 2.05) is 4.68 Å². The molecule has 0 spiro atoms. The number of hydrogen-bond donors (Lipinski definition) is 2. The second kappa shape index (κ2) is 9.01. The lowest BCUT2D eigenvalue weighted by Gasteiger charge is -2.33. The maximum absolute atomic E-state index is 11.0. The summed E-state index contributed by atoms with van der Waals surface area (Å²) in [4.78, 5) is 10.6. The van der Waals surface area contributed by atoms with Crippen LogP contribution in [0.5, 0.6) is 0 Å². The molecule has 1 fully saturated rings. The zero-order valence-corrected chi connectivity index (χ0v) is 15.6. The third-order valence-corrected chi connectivity index (χ3v) is 5.18. The minimum atomic E-state index is -0.394. The molecule has 0 saturated heterocycles. The average Bonchev–Trinajstić information content (AvgIpc) is 3.14. The number of hydrogen-bond acceptors (Lipinski definition) is 7. The minimum absolute atomic E-state index is 0.0671. The van der Waals surface area contributed by atoms with Gasteiger partial charge in [-0.2, -0.15) is 0 Å². The van der Waals surface area contributed by atoms with Crippen LogP contribution >= 0.6 is 0 Å². The van der Waals surface area contributed by atoms with Crippen LogP contribution in [-0.4, -0.2) is 37.2 Å². The number of aryl methyl sites for hydroxylation is 1. The number of nitro groups is 1. The molecule has 3 unspecified atom stereocenters. The summed E-state index contributed by atoms with van der Waals surface area (Å²) in [5.74, 6) is 0.718. The smallest absolute Gasteiger partial charge is 0.269 e. The fraction of sp³-hybridized carbons (Fsp3) is 0.611. The van der Waals surface area contributed by atoms with Crippen molar-refractivity contribution in [2.24, 2.45) is 5.73 Å². The van der Waals surface area contributed by atoms with E-state index in [-0.39, 0.29) is 23.8 Å². The molecule has 1 heterocycles. The van der Waals surface area contributed by atoms with Crippen LogP contribution in [-0.2, 0) is 6.54 Å². The molecule has 3 rings (SSSR count). The average molecular weight is 373 g/mol. The fourth-order valence-electron chi connectivity index (χ4n) is 3.57. The second-order valence-electron chi connectivity index (χ2n) is 7.12. The molecule has 1 saturated carbocycles. The van der Waals surface area contributed by atoms with Crippen molar-refractivity contribution >= 4 is 5.69 Å². The lowest BCUT2D eigenvalue weighted by atomic mass is 9.89. The van der Waals surface area contributed by atoms with E-state index in [4.69, 9.17) is 5.73 Å². The molecule has 27 heavy (non-hydrogen) atoms. The number of non-ortho nitro benzene ring substituents is 1. The number of nitro benzene ring substituents is 1. The number of unbranched alkanes of at least 4 members (excludes halogenated alkanes) is 1. The van der Waals surface area contributed by atoms with Crippen molar-refractivity contribution in [1.29, 1.82) is 0 Å². The van der Waals surface area contributed by atoms with E-state index in [1.54, 1.807) is 12.1 Å². The summed E-state index contributed by atoms with van der Waals surface area (Å²) in [6, 6.07) is 6.56. The van der Waals surface area contributed by atoms with Gasteiger partial charge in [0.15, 0.2) is 5.82 Å². The molecule has 146 valence electrons. The van der Waals surface area contributed by atoms with Gasteiger partial charge in [0.1, 0.15) is 0 Å². The molecule has 1 aliphatic carbocycles. The molecule has 1 aromatic heterocycles. The third kappa shape index (κ3) is 4.67. The zero-order valence-electron chi connectivity index (χ0n) is 15.6. The van der Waals surface area contributed by atoms with E-state index in [2.05, 4.69) is 27.8 Å². The molecule has 2 aromatic rings. The summed E-state index contributed by atoms with van der Waals surface area (Å²) in [5.41, 5.74) is 7.29. The van der Waals surface area contributed by atoms with Crippen LogP contribution in [0.4, 0.5) is 5.69 Å². The van der Waals surface area contributed by atoms with E-state index < -0.39 is 4.92 Å². The van der Waals surface area contributed by atoms with E-state index >= 15 is 0 Å². The van der Waals surface area contributed by atoms with Gasteiger partial charge in [0, 0.05) is 30.8 Å². The Morgan fingerprint density at radius 1 is 1.33 bits per heavy atom. The molecule has 3 atom stereocenters. The van der Waals surface area contributed by atoms with Gasteiger partial charge in [0.2, 0.25) is 0 Å². The van der Waals surface area contributed by atoms with Crippen LogP contribution in [0.15, 0.2) is 24.3 Å². The Bertz CT molecular complexity index is 746. The Kier molecular flexibility index (Phi) is 6.46. The SMILES string of the molecule is CCCCn1nnnc1C(NC1CCCCC1N)c1ccc([N+](=O)[O-])cc1. The maximum atomic E-state index is 11.0. The Labute approximate surface area is 158 Å². The lowest BCUT2D eigenvalue weighted by Crippen LogP contribution is -2.48. The molecule has 0 aliphatic heterocycles. The van der Waals surface area contributed by atoms with Crippen molar-refractivity contribution in [3.63, 3.8) is 0 Å². The normalized spacial score (nSPS) is 21.1. The first kappa shape index (κ1) is 19.4. The molecule has 0 radical (unpaired) electrons. The van der Waals surface area contributed by atoms with Gasteiger partial charge in [-0.1, -0.05) is 38.3 Å². The van der Waals surface area contributed by atoms with Crippen molar-refractivity contribution in [3.8, 4) is 0 Å². The van der Waals surface area contributed by atoms with Gasteiger partial charge >= 0.3 is 0 Å². The Morgan fingerprint density at radius 3 is 2.74 bits per heavy atom. The first-order valence-corrected chi connectivity index (χ1v) is 9.62. The highest BCUT2D eigenvalue weighted by Gasteiger charge is 2.29. The van der Waals surface area contributed by atoms with Crippen LogP contribution < -0.4 is 11.1 Å². The van der Waals surface area contributed by atoms with Crippen LogP contribution in [0.25, 0.3) is 0 Å². The topological polar surface area (TPSA) is 125 Å². The fourth-order valence-corrected chi connectivity index (χ4v) is 3.57. The quantitative estimate of drug-likeness (QED) is 0.537. The number of rotatable bonds is 8. The number of nitrogens with zero attached hydrogens (tertiary/aromatic N) is 5. The number of aromatic nitrogens is 4. The van der Waals surface area contributed by atoms with Crippen molar-refractivity contribution in [2.75, 3.05) is 0 Å². The molecule has 0 amide bonds. The van der Waals surface area contributed by atoms with Crippen molar-refractivity contribution < 1.29 is 4.92 Å². The molecule has 3 N–H and O–H groups in total. The van der Waals surface area contributed by atoms with E-state index in [0.29, 0.717) is 0 Å². The standard InChI is InChI=1S/C18H27N7O2/c1-2-3-12-24-18(21-22-23-24)17(20-16-7-5-4-6-15(16)19)13-8-10-14(11-9-13)25(26)27/h8-11,15-17,20H,2-7,12,19H2,1H3. The van der Waals surface area contributed by atoms with Gasteiger partial charge in [0.05, 0.1) is 11.0 Å². The number of benzene rings is 1. The zero-order chi connectivity index (χ0) is 19.2. The summed E-state index contributed by atoms with van der Waals surface area (Å²) in [7, 11) is 0. The van der Waals surface area contributed by atoms with Crippen LogP contribution in [0.1, 0.15) is 62.9 Å². The van der Waals surface area contributed by atoms with Gasteiger partial charge < -0.3 is 5.73 Å². The summed E-state index contributed by atoms with van der Waals surface area (Å²) in [5, 5.41) is 26.9. The first-order valence-electron chi connectivity index (χ1n) is 9.62. The molecule has 9 nitrogen and oxygen atoms in total. The van der Waals surface area contributed by atoms with E-state index in [0.717, 1.165) is 56.5 Å². The predicted octanol–water partition coefficient (Wildman–Crippen LogP) is 2.33. The van der Waals surface area contributed by atoms with Crippen molar-refractivity contribution in [2.45, 2.75) is 70.1 Å². The Balaban J connectivity index is 1.91. The second-order valence-corrected chi connectivity index (χ2v) is 7.12. The monoisotopic (exact) mass is 373 g/mol. The van der Waals surface area contributed by atoms with Gasteiger partial charge in [-0.15, -0.1) is 5.10 Å². The van der Waals surface area contributed by atoms with Crippen molar-refractivity contribution in [1.82, 2.24) is 25.5 Å². The molecule has 1 aliphatic rings.